The SMILES string of the molecule is C=C(C)C1CC=C(C)/C(=N/NC(=O)COc2ccc(Cl)cc2C)C1. The summed E-state index contributed by atoms with van der Waals surface area (Å²) in [5.41, 5.74) is 6.59. The minimum atomic E-state index is -0.290. The Labute approximate surface area is 148 Å². The first-order valence-electron chi connectivity index (χ1n) is 7.93. The van der Waals surface area contributed by atoms with E-state index in [1.165, 1.54) is 0 Å². The van der Waals surface area contributed by atoms with Crippen molar-refractivity contribution >= 4 is 23.2 Å². The standard InChI is InChI=1S/C19H23ClN2O2/c1-12(2)15-6-5-13(3)17(10-15)21-22-19(23)11-24-18-8-7-16(20)9-14(18)4/h5,7-9,15H,1,6,10-11H2,2-4H3,(H,22,23)/b21-17+. The number of halogens is 1. The molecule has 0 fully saturated rings. The molecular weight excluding hydrogens is 324 g/mol. The minimum Gasteiger partial charge on any atom is -0.483 e. The highest BCUT2D eigenvalue weighted by atomic mass is 35.5. The number of amides is 1. The first kappa shape index (κ1) is 18.3. The van der Waals surface area contributed by atoms with Crippen LogP contribution in [0.4, 0.5) is 0 Å². The zero-order chi connectivity index (χ0) is 17.7. The van der Waals surface area contributed by atoms with Crippen molar-refractivity contribution in [3.8, 4) is 5.75 Å². The van der Waals surface area contributed by atoms with Gasteiger partial charge in [0, 0.05) is 5.02 Å². The molecule has 1 atom stereocenters. The van der Waals surface area contributed by atoms with Gasteiger partial charge in [0.2, 0.25) is 0 Å². The number of hydrogen-bond donors (Lipinski definition) is 1. The van der Waals surface area contributed by atoms with Gasteiger partial charge in [-0.3, -0.25) is 4.79 Å². The van der Waals surface area contributed by atoms with Crippen LogP contribution in [0.1, 0.15) is 32.3 Å². The fourth-order valence-corrected chi connectivity index (χ4v) is 2.73. The van der Waals surface area contributed by atoms with E-state index in [1.807, 2.05) is 20.8 Å². The molecule has 24 heavy (non-hydrogen) atoms. The summed E-state index contributed by atoms with van der Waals surface area (Å²) in [6, 6.07) is 5.28. The van der Waals surface area contributed by atoms with Crippen molar-refractivity contribution in [1.29, 1.82) is 0 Å². The summed E-state index contributed by atoms with van der Waals surface area (Å²) in [6.45, 7) is 9.83. The molecule has 1 amide bonds. The lowest BCUT2D eigenvalue weighted by Crippen LogP contribution is -2.27. The Hall–Kier alpha value is -2.07. The summed E-state index contributed by atoms with van der Waals surface area (Å²) in [5.74, 6) is 0.734. The lowest BCUT2D eigenvalue weighted by molar-refractivity contribution is -0.123. The summed E-state index contributed by atoms with van der Waals surface area (Å²) in [5, 5.41) is 4.89. The quantitative estimate of drug-likeness (QED) is 0.633. The molecule has 0 aliphatic heterocycles. The van der Waals surface area contributed by atoms with E-state index < -0.39 is 0 Å². The van der Waals surface area contributed by atoms with Crippen molar-refractivity contribution in [3.63, 3.8) is 0 Å². The molecular formula is C19H23ClN2O2. The van der Waals surface area contributed by atoms with Crippen LogP contribution in [0, 0.1) is 12.8 Å². The van der Waals surface area contributed by atoms with E-state index in [4.69, 9.17) is 16.3 Å². The smallest absolute Gasteiger partial charge is 0.277 e. The van der Waals surface area contributed by atoms with Crippen LogP contribution in [-0.2, 0) is 4.79 Å². The number of allylic oxidation sites excluding steroid dienone is 3. The number of carbonyl (C=O) groups excluding carboxylic acids is 1. The maximum absolute atomic E-state index is 12.0. The molecule has 1 aromatic carbocycles. The second-order valence-electron chi connectivity index (χ2n) is 6.16. The first-order chi connectivity index (χ1) is 11.4. The number of hydrogen-bond acceptors (Lipinski definition) is 3. The van der Waals surface area contributed by atoms with Gasteiger partial charge in [0.05, 0.1) is 5.71 Å². The summed E-state index contributed by atoms with van der Waals surface area (Å²) < 4.78 is 5.51. The van der Waals surface area contributed by atoms with Crippen LogP contribution < -0.4 is 10.2 Å². The molecule has 0 radical (unpaired) electrons. The number of nitrogens with one attached hydrogen (secondary N) is 1. The monoisotopic (exact) mass is 346 g/mol. The van der Waals surface area contributed by atoms with Crippen molar-refractivity contribution in [3.05, 3.63) is 52.6 Å². The van der Waals surface area contributed by atoms with Gasteiger partial charge < -0.3 is 4.74 Å². The zero-order valence-electron chi connectivity index (χ0n) is 14.4. The Balaban J connectivity index is 1.91. The molecule has 2 rings (SSSR count). The van der Waals surface area contributed by atoms with Crippen molar-refractivity contribution < 1.29 is 9.53 Å². The van der Waals surface area contributed by atoms with Gasteiger partial charge in [-0.05, 0) is 68.9 Å². The van der Waals surface area contributed by atoms with Crippen LogP contribution in [0.5, 0.6) is 5.75 Å². The third kappa shape index (κ3) is 4.96. The van der Waals surface area contributed by atoms with Crippen LogP contribution in [0.3, 0.4) is 0 Å². The average Bonchev–Trinajstić information content (AvgIpc) is 2.53. The van der Waals surface area contributed by atoms with Gasteiger partial charge >= 0.3 is 0 Å². The summed E-state index contributed by atoms with van der Waals surface area (Å²) >= 11 is 5.90. The van der Waals surface area contributed by atoms with Crippen molar-refractivity contribution in [2.24, 2.45) is 11.0 Å². The molecule has 1 N–H and O–H groups in total. The maximum atomic E-state index is 12.0. The van der Waals surface area contributed by atoms with E-state index in [-0.39, 0.29) is 12.5 Å². The second-order valence-corrected chi connectivity index (χ2v) is 6.60. The highest BCUT2D eigenvalue weighted by Gasteiger charge is 2.18. The van der Waals surface area contributed by atoms with E-state index in [2.05, 4.69) is 23.2 Å². The summed E-state index contributed by atoms with van der Waals surface area (Å²) in [7, 11) is 0. The van der Waals surface area contributed by atoms with E-state index in [0.717, 1.165) is 35.3 Å². The molecule has 0 spiro atoms. The van der Waals surface area contributed by atoms with E-state index in [1.54, 1.807) is 18.2 Å². The number of ether oxygens (including phenoxy) is 1. The minimum absolute atomic E-state index is 0.0913. The molecule has 1 aromatic rings. The van der Waals surface area contributed by atoms with Gasteiger partial charge in [-0.1, -0.05) is 29.8 Å². The normalized spacial score (nSPS) is 18.9. The molecule has 0 saturated carbocycles. The van der Waals surface area contributed by atoms with Gasteiger partial charge in [0.1, 0.15) is 5.75 Å². The van der Waals surface area contributed by atoms with Crippen molar-refractivity contribution in [2.45, 2.75) is 33.6 Å². The van der Waals surface area contributed by atoms with Gasteiger partial charge in [0.25, 0.3) is 5.91 Å². The lowest BCUT2D eigenvalue weighted by atomic mass is 9.85. The highest BCUT2D eigenvalue weighted by Crippen LogP contribution is 2.26. The molecule has 0 heterocycles. The Bertz CT molecular complexity index is 707. The van der Waals surface area contributed by atoms with E-state index >= 15 is 0 Å². The molecule has 0 saturated heterocycles. The van der Waals surface area contributed by atoms with Crippen LogP contribution in [0.25, 0.3) is 0 Å². The molecule has 128 valence electrons. The molecule has 0 aromatic heterocycles. The average molecular weight is 347 g/mol. The Morgan fingerprint density at radius 3 is 2.88 bits per heavy atom. The van der Waals surface area contributed by atoms with Gasteiger partial charge in [-0.2, -0.15) is 5.10 Å². The van der Waals surface area contributed by atoms with Gasteiger partial charge in [0.15, 0.2) is 6.61 Å². The van der Waals surface area contributed by atoms with Gasteiger partial charge in [-0.25, -0.2) is 5.43 Å². The zero-order valence-corrected chi connectivity index (χ0v) is 15.1. The van der Waals surface area contributed by atoms with Crippen LogP contribution in [0.2, 0.25) is 5.02 Å². The molecule has 4 nitrogen and oxygen atoms in total. The van der Waals surface area contributed by atoms with Crippen molar-refractivity contribution in [1.82, 2.24) is 5.43 Å². The number of rotatable bonds is 5. The van der Waals surface area contributed by atoms with Crippen LogP contribution in [-0.4, -0.2) is 18.2 Å². The fourth-order valence-electron chi connectivity index (χ4n) is 2.50. The van der Waals surface area contributed by atoms with Crippen LogP contribution in [0.15, 0.2) is 47.1 Å². The molecule has 1 aliphatic rings. The van der Waals surface area contributed by atoms with E-state index in [9.17, 15) is 4.79 Å². The highest BCUT2D eigenvalue weighted by molar-refractivity contribution is 6.30. The number of benzene rings is 1. The Kier molecular flexibility index (Phi) is 6.21. The fraction of sp³-hybridized carbons (Fsp3) is 0.368. The maximum Gasteiger partial charge on any atom is 0.277 e. The summed E-state index contributed by atoms with van der Waals surface area (Å²) in [4.78, 5) is 12.0. The van der Waals surface area contributed by atoms with E-state index in [0.29, 0.717) is 16.7 Å². The predicted molar refractivity (Wildman–Crippen MR) is 98.6 cm³/mol. The molecule has 0 bridgehead atoms. The van der Waals surface area contributed by atoms with Crippen LogP contribution >= 0.6 is 11.6 Å². The number of aryl methyl sites for hydroxylation is 1. The third-order valence-electron chi connectivity index (χ3n) is 4.11. The molecule has 1 aliphatic carbocycles. The predicted octanol–water partition coefficient (Wildman–Crippen LogP) is 4.43. The summed E-state index contributed by atoms with van der Waals surface area (Å²) in [6.07, 6.45) is 3.92. The second kappa shape index (κ2) is 8.15. The molecule has 5 heteroatoms. The number of nitrogens with zero attached hydrogens (tertiary/aromatic N) is 1. The third-order valence-corrected chi connectivity index (χ3v) is 4.35. The molecule has 1 unspecified atom stereocenters. The van der Waals surface area contributed by atoms with Crippen molar-refractivity contribution in [2.75, 3.05) is 6.61 Å². The lowest BCUT2D eigenvalue weighted by Gasteiger charge is -2.22. The number of carbonyl (C=O) groups is 1. The first-order valence-corrected chi connectivity index (χ1v) is 8.31. The number of hydrazone groups is 1. The topological polar surface area (TPSA) is 50.7 Å². The van der Waals surface area contributed by atoms with Gasteiger partial charge in [-0.15, -0.1) is 0 Å². The largest absolute Gasteiger partial charge is 0.483 e. The Morgan fingerprint density at radius 2 is 2.21 bits per heavy atom. The Morgan fingerprint density at radius 1 is 1.46 bits per heavy atom.